The van der Waals surface area contributed by atoms with Gasteiger partial charge in [-0.3, -0.25) is 4.79 Å². The molecule has 2 rings (SSSR count). The average molecular weight is 284 g/mol. The standard InChI is InChI=1S/C17H16O4/c1-2-21-14-7-5-13(6-8-14)15(18)9-3-12-4-10-16(19)17(20)11-12/h3-11,19-20H,2H2,1H3/b9-3+. The van der Waals surface area contributed by atoms with Crippen molar-refractivity contribution < 1.29 is 19.7 Å². The third-order valence-corrected chi connectivity index (χ3v) is 2.88. The summed E-state index contributed by atoms with van der Waals surface area (Å²) in [5, 5.41) is 18.6. The number of phenolic OH excluding ortho intramolecular Hbond substituents is 2. The summed E-state index contributed by atoms with van der Waals surface area (Å²) in [6, 6.07) is 11.3. The topological polar surface area (TPSA) is 66.8 Å². The van der Waals surface area contributed by atoms with Gasteiger partial charge in [0.25, 0.3) is 0 Å². The van der Waals surface area contributed by atoms with Crippen LogP contribution in [-0.2, 0) is 0 Å². The van der Waals surface area contributed by atoms with E-state index in [2.05, 4.69) is 0 Å². The quantitative estimate of drug-likeness (QED) is 0.502. The first-order valence-electron chi connectivity index (χ1n) is 6.57. The number of hydrogen-bond donors (Lipinski definition) is 2. The lowest BCUT2D eigenvalue weighted by Gasteiger charge is -2.03. The number of allylic oxidation sites excluding steroid dienone is 1. The molecule has 21 heavy (non-hydrogen) atoms. The molecule has 4 nitrogen and oxygen atoms in total. The van der Waals surface area contributed by atoms with Crippen molar-refractivity contribution >= 4 is 11.9 Å². The molecule has 108 valence electrons. The van der Waals surface area contributed by atoms with E-state index in [-0.39, 0.29) is 17.3 Å². The second-order valence-corrected chi connectivity index (χ2v) is 4.40. The number of aromatic hydroxyl groups is 2. The van der Waals surface area contributed by atoms with Gasteiger partial charge in [0, 0.05) is 5.56 Å². The van der Waals surface area contributed by atoms with Crippen LogP contribution in [0.2, 0.25) is 0 Å². The fourth-order valence-corrected chi connectivity index (χ4v) is 1.79. The molecule has 0 radical (unpaired) electrons. The van der Waals surface area contributed by atoms with E-state index in [1.165, 1.54) is 18.2 Å². The van der Waals surface area contributed by atoms with Gasteiger partial charge in [-0.25, -0.2) is 0 Å². The Morgan fingerprint density at radius 2 is 1.81 bits per heavy atom. The fourth-order valence-electron chi connectivity index (χ4n) is 1.79. The first-order valence-corrected chi connectivity index (χ1v) is 6.57. The lowest BCUT2D eigenvalue weighted by molar-refractivity contribution is 0.104. The molecule has 0 aliphatic rings. The van der Waals surface area contributed by atoms with E-state index in [0.29, 0.717) is 17.7 Å². The van der Waals surface area contributed by atoms with Gasteiger partial charge in [0.1, 0.15) is 5.75 Å². The van der Waals surface area contributed by atoms with Gasteiger partial charge in [-0.2, -0.15) is 0 Å². The van der Waals surface area contributed by atoms with Gasteiger partial charge >= 0.3 is 0 Å². The van der Waals surface area contributed by atoms with Crippen LogP contribution in [0.5, 0.6) is 17.2 Å². The number of carbonyl (C=O) groups is 1. The van der Waals surface area contributed by atoms with E-state index in [0.717, 1.165) is 5.75 Å². The van der Waals surface area contributed by atoms with Gasteiger partial charge in [0.15, 0.2) is 17.3 Å². The Labute approximate surface area is 122 Å². The van der Waals surface area contributed by atoms with Crippen molar-refractivity contribution in [1.82, 2.24) is 0 Å². The molecule has 0 atom stereocenters. The van der Waals surface area contributed by atoms with Crippen LogP contribution in [0.4, 0.5) is 0 Å². The van der Waals surface area contributed by atoms with Crippen LogP contribution in [0.1, 0.15) is 22.8 Å². The van der Waals surface area contributed by atoms with Crippen LogP contribution in [0.3, 0.4) is 0 Å². The highest BCUT2D eigenvalue weighted by Crippen LogP contribution is 2.25. The Hall–Kier alpha value is -2.75. The lowest BCUT2D eigenvalue weighted by Crippen LogP contribution is -1.95. The Kier molecular flexibility index (Phi) is 4.61. The molecule has 0 amide bonds. The summed E-state index contributed by atoms with van der Waals surface area (Å²) in [6.07, 6.45) is 3.00. The van der Waals surface area contributed by atoms with Gasteiger partial charge in [-0.05, 0) is 55.0 Å². The highest BCUT2D eigenvalue weighted by atomic mass is 16.5. The number of phenols is 2. The van der Waals surface area contributed by atoms with Gasteiger partial charge in [0.05, 0.1) is 6.61 Å². The fraction of sp³-hybridized carbons (Fsp3) is 0.118. The van der Waals surface area contributed by atoms with Crippen molar-refractivity contribution in [3.63, 3.8) is 0 Å². The molecule has 2 aromatic carbocycles. The Bertz CT molecular complexity index is 657. The zero-order chi connectivity index (χ0) is 15.2. The van der Waals surface area contributed by atoms with Crippen LogP contribution < -0.4 is 4.74 Å². The highest BCUT2D eigenvalue weighted by Gasteiger charge is 2.03. The number of rotatable bonds is 5. The van der Waals surface area contributed by atoms with E-state index in [1.807, 2.05) is 6.92 Å². The van der Waals surface area contributed by atoms with Crippen LogP contribution in [-0.4, -0.2) is 22.6 Å². The Balaban J connectivity index is 2.09. The first-order chi connectivity index (χ1) is 10.1. The molecule has 0 bridgehead atoms. The molecule has 2 N–H and O–H groups in total. The van der Waals surface area contributed by atoms with Crippen molar-refractivity contribution in [2.45, 2.75) is 6.92 Å². The maximum atomic E-state index is 12.0. The highest BCUT2D eigenvalue weighted by molar-refractivity contribution is 6.06. The Morgan fingerprint density at radius 1 is 1.10 bits per heavy atom. The van der Waals surface area contributed by atoms with E-state index in [1.54, 1.807) is 36.4 Å². The summed E-state index contributed by atoms with van der Waals surface area (Å²) in [5.74, 6) is 0.169. The monoisotopic (exact) mass is 284 g/mol. The number of hydrogen-bond acceptors (Lipinski definition) is 4. The molecule has 0 unspecified atom stereocenters. The largest absolute Gasteiger partial charge is 0.504 e. The molecular formula is C17H16O4. The molecule has 4 heteroatoms. The van der Waals surface area contributed by atoms with Crippen molar-refractivity contribution in [3.05, 3.63) is 59.7 Å². The summed E-state index contributed by atoms with van der Waals surface area (Å²) < 4.78 is 5.31. The summed E-state index contributed by atoms with van der Waals surface area (Å²) in [5.41, 5.74) is 1.18. The maximum absolute atomic E-state index is 12.0. The van der Waals surface area contributed by atoms with Crippen molar-refractivity contribution in [1.29, 1.82) is 0 Å². The predicted octanol–water partition coefficient (Wildman–Crippen LogP) is 3.39. The first kappa shape index (κ1) is 14.7. The Morgan fingerprint density at radius 3 is 2.43 bits per heavy atom. The van der Waals surface area contributed by atoms with Crippen LogP contribution in [0, 0.1) is 0 Å². The molecule has 0 saturated heterocycles. The molecule has 0 spiro atoms. The second-order valence-electron chi connectivity index (χ2n) is 4.40. The van der Waals surface area contributed by atoms with Crippen molar-refractivity contribution in [2.24, 2.45) is 0 Å². The minimum Gasteiger partial charge on any atom is -0.504 e. The smallest absolute Gasteiger partial charge is 0.185 e. The van der Waals surface area contributed by atoms with Crippen molar-refractivity contribution in [2.75, 3.05) is 6.61 Å². The van der Waals surface area contributed by atoms with Gasteiger partial charge < -0.3 is 14.9 Å². The normalized spacial score (nSPS) is 10.7. The predicted molar refractivity (Wildman–Crippen MR) is 80.7 cm³/mol. The van der Waals surface area contributed by atoms with Crippen LogP contribution in [0.25, 0.3) is 6.08 Å². The number of ether oxygens (including phenoxy) is 1. The van der Waals surface area contributed by atoms with Crippen LogP contribution >= 0.6 is 0 Å². The van der Waals surface area contributed by atoms with Crippen LogP contribution in [0.15, 0.2) is 48.5 Å². The van der Waals surface area contributed by atoms with E-state index in [9.17, 15) is 15.0 Å². The molecule has 0 aromatic heterocycles. The zero-order valence-corrected chi connectivity index (χ0v) is 11.6. The third-order valence-electron chi connectivity index (χ3n) is 2.88. The average Bonchev–Trinajstić information content (AvgIpc) is 2.49. The summed E-state index contributed by atoms with van der Waals surface area (Å²) in [7, 11) is 0. The van der Waals surface area contributed by atoms with Gasteiger partial charge in [0.2, 0.25) is 0 Å². The molecule has 0 aliphatic heterocycles. The zero-order valence-electron chi connectivity index (χ0n) is 11.6. The van der Waals surface area contributed by atoms with E-state index < -0.39 is 0 Å². The third kappa shape index (κ3) is 3.86. The number of carbonyl (C=O) groups excluding carboxylic acids is 1. The number of benzene rings is 2. The van der Waals surface area contributed by atoms with E-state index in [4.69, 9.17) is 4.74 Å². The molecular weight excluding hydrogens is 268 g/mol. The summed E-state index contributed by atoms with van der Waals surface area (Å²) in [4.78, 5) is 12.0. The number of ketones is 1. The summed E-state index contributed by atoms with van der Waals surface area (Å²) in [6.45, 7) is 2.48. The molecule has 0 fully saturated rings. The molecule has 0 heterocycles. The van der Waals surface area contributed by atoms with Gasteiger partial charge in [-0.1, -0.05) is 12.1 Å². The lowest BCUT2D eigenvalue weighted by atomic mass is 10.1. The SMILES string of the molecule is CCOc1ccc(C(=O)/C=C/c2ccc(O)c(O)c2)cc1. The minimum absolute atomic E-state index is 0.148. The minimum atomic E-state index is -0.217. The maximum Gasteiger partial charge on any atom is 0.185 e. The van der Waals surface area contributed by atoms with E-state index >= 15 is 0 Å². The van der Waals surface area contributed by atoms with Crippen molar-refractivity contribution in [3.8, 4) is 17.2 Å². The summed E-state index contributed by atoms with van der Waals surface area (Å²) >= 11 is 0. The molecule has 2 aromatic rings. The molecule has 0 saturated carbocycles. The van der Waals surface area contributed by atoms with Gasteiger partial charge in [-0.15, -0.1) is 0 Å². The molecule has 0 aliphatic carbocycles. The second kappa shape index (κ2) is 6.61.